The minimum absolute atomic E-state index is 0.264. The zero-order valence-electron chi connectivity index (χ0n) is 11.7. The van der Waals surface area contributed by atoms with E-state index in [2.05, 4.69) is 20.9 Å². The predicted octanol–water partition coefficient (Wildman–Crippen LogP) is -1.00. The molecule has 1 heterocycles. The molecule has 7 heteroatoms. The number of likely N-dealkylation sites (tertiary alicyclic amines) is 1. The van der Waals surface area contributed by atoms with Crippen LogP contribution < -0.4 is 16.0 Å². The molecule has 0 aromatic heterocycles. The normalized spacial score (nSPS) is 19.4. The SMILES string of the molecule is CNCC1CCN(CC(=O)NC(=O)NCCOC)C1. The lowest BCUT2D eigenvalue weighted by atomic mass is 10.1. The van der Waals surface area contributed by atoms with Gasteiger partial charge in [0, 0.05) is 20.2 Å². The fraction of sp³-hybridized carbons (Fsp3) is 0.833. The molecule has 1 rings (SSSR count). The molecule has 1 aliphatic heterocycles. The molecule has 1 unspecified atom stereocenters. The molecule has 0 spiro atoms. The average Bonchev–Trinajstić information content (AvgIpc) is 2.77. The van der Waals surface area contributed by atoms with Gasteiger partial charge in [-0.05, 0) is 32.5 Å². The molecule has 0 aromatic carbocycles. The minimum atomic E-state index is -0.465. The van der Waals surface area contributed by atoms with Gasteiger partial charge in [0.1, 0.15) is 0 Å². The topological polar surface area (TPSA) is 82.7 Å². The first-order valence-corrected chi connectivity index (χ1v) is 6.59. The Kier molecular flexibility index (Phi) is 7.39. The highest BCUT2D eigenvalue weighted by Crippen LogP contribution is 2.14. The maximum atomic E-state index is 11.6. The van der Waals surface area contributed by atoms with Crippen molar-refractivity contribution in [3.05, 3.63) is 0 Å². The Balaban J connectivity index is 2.15. The summed E-state index contributed by atoms with van der Waals surface area (Å²) in [7, 11) is 3.49. The first kappa shape index (κ1) is 15.9. The van der Waals surface area contributed by atoms with E-state index < -0.39 is 6.03 Å². The predicted molar refractivity (Wildman–Crippen MR) is 71.9 cm³/mol. The Morgan fingerprint density at radius 3 is 2.89 bits per heavy atom. The monoisotopic (exact) mass is 272 g/mol. The van der Waals surface area contributed by atoms with Crippen LogP contribution in [0.1, 0.15) is 6.42 Å². The molecule has 3 amide bonds. The van der Waals surface area contributed by atoms with Gasteiger partial charge in [-0.25, -0.2) is 4.79 Å². The second-order valence-corrected chi connectivity index (χ2v) is 4.74. The van der Waals surface area contributed by atoms with E-state index in [4.69, 9.17) is 4.74 Å². The summed E-state index contributed by atoms with van der Waals surface area (Å²) in [6.45, 7) is 3.88. The lowest BCUT2D eigenvalue weighted by Crippen LogP contribution is -2.45. The van der Waals surface area contributed by atoms with Crippen LogP contribution in [0.4, 0.5) is 4.79 Å². The Labute approximate surface area is 114 Å². The zero-order chi connectivity index (χ0) is 14.1. The highest BCUT2D eigenvalue weighted by molar-refractivity contribution is 5.95. The Bertz CT molecular complexity index is 299. The molecular formula is C12H24N4O3. The van der Waals surface area contributed by atoms with Gasteiger partial charge in [-0.1, -0.05) is 0 Å². The lowest BCUT2D eigenvalue weighted by Gasteiger charge is -2.15. The van der Waals surface area contributed by atoms with E-state index in [0.29, 0.717) is 19.1 Å². The lowest BCUT2D eigenvalue weighted by molar-refractivity contribution is -0.120. The maximum Gasteiger partial charge on any atom is 0.321 e. The molecule has 3 N–H and O–H groups in total. The number of hydrogen-bond acceptors (Lipinski definition) is 5. The largest absolute Gasteiger partial charge is 0.383 e. The number of hydrogen-bond donors (Lipinski definition) is 3. The molecule has 0 aliphatic carbocycles. The van der Waals surface area contributed by atoms with E-state index in [9.17, 15) is 9.59 Å². The fourth-order valence-electron chi connectivity index (χ4n) is 2.19. The highest BCUT2D eigenvalue weighted by atomic mass is 16.5. The van der Waals surface area contributed by atoms with Crippen molar-refractivity contribution in [1.82, 2.24) is 20.9 Å². The van der Waals surface area contributed by atoms with E-state index in [-0.39, 0.29) is 12.5 Å². The van der Waals surface area contributed by atoms with Crippen LogP contribution in [0, 0.1) is 5.92 Å². The van der Waals surface area contributed by atoms with Crippen LogP contribution in [-0.2, 0) is 9.53 Å². The summed E-state index contributed by atoms with van der Waals surface area (Å²) in [4.78, 5) is 25.1. The summed E-state index contributed by atoms with van der Waals surface area (Å²) >= 11 is 0. The van der Waals surface area contributed by atoms with Crippen LogP contribution in [0.3, 0.4) is 0 Å². The van der Waals surface area contributed by atoms with Crippen molar-refractivity contribution >= 4 is 11.9 Å². The van der Waals surface area contributed by atoms with Crippen molar-refractivity contribution < 1.29 is 14.3 Å². The van der Waals surface area contributed by atoms with Crippen molar-refractivity contribution in [2.75, 3.05) is 53.5 Å². The van der Waals surface area contributed by atoms with Gasteiger partial charge < -0.3 is 15.4 Å². The summed E-state index contributed by atoms with van der Waals surface area (Å²) in [5.74, 6) is 0.327. The first-order chi connectivity index (χ1) is 9.15. The molecule has 0 aromatic rings. The van der Waals surface area contributed by atoms with Gasteiger partial charge in [-0.15, -0.1) is 0 Å². The van der Waals surface area contributed by atoms with Crippen molar-refractivity contribution in [2.45, 2.75) is 6.42 Å². The molecule has 0 radical (unpaired) electrons. The van der Waals surface area contributed by atoms with Crippen LogP contribution in [0.5, 0.6) is 0 Å². The number of imide groups is 1. The number of methoxy groups -OCH3 is 1. The van der Waals surface area contributed by atoms with Crippen molar-refractivity contribution in [1.29, 1.82) is 0 Å². The fourth-order valence-corrected chi connectivity index (χ4v) is 2.19. The molecule has 1 fully saturated rings. The molecular weight excluding hydrogens is 248 g/mol. The maximum absolute atomic E-state index is 11.6. The van der Waals surface area contributed by atoms with Crippen LogP contribution in [0.2, 0.25) is 0 Å². The minimum Gasteiger partial charge on any atom is -0.383 e. The van der Waals surface area contributed by atoms with Crippen molar-refractivity contribution in [2.24, 2.45) is 5.92 Å². The number of ether oxygens (including phenoxy) is 1. The summed E-state index contributed by atoms with van der Waals surface area (Å²) in [6, 6.07) is -0.465. The van der Waals surface area contributed by atoms with Crippen molar-refractivity contribution in [3.63, 3.8) is 0 Å². The summed E-state index contributed by atoms with van der Waals surface area (Å²) in [6.07, 6.45) is 1.09. The first-order valence-electron chi connectivity index (χ1n) is 6.59. The van der Waals surface area contributed by atoms with Crippen LogP contribution in [0.25, 0.3) is 0 Å². The van der Waals surface area contributed by atoms with Gasteiger partial charge in [0.05, 0.1) is 13.2 Å². The van der Waals surface area contributed by atoms with Gasteiger partial charge in [-0.3, -0.25) is 15.0 Å². The molecule has 7 nitrogen and oxygen atoms in total. The third-order valence-electron chi connectivity index (χ3n) is 3.07. The van der Waals surface area contributed by atoms with Crippen molar-refractivity contribution in [3.8, 4) is 0 Å². The van der Waals surface area contributed by atoms with Gasteiger partial charge in [-0.2, -0.15) is 0 Å². The van der Waals surface area contributed by atoms with Crippen LogP contribution in [0.15, 0.2) is 0 Å². The quantitative estimate of drug-likeness (QED) is 0.518. The molecule has 1 saturated heterocycles. The highest BCUT2D eigenvalue weighted by Gasteiger charge is 2.23. The van der Waals surface area contributed by atoms with Crippen LogP contribution in [-0.4, -0.2) is 70.3 Å². The Morgan fingerprint density at radius 1 is 1.42 bits per heavy atom. The number of amides is 3. The van der Waals surface area contributed by atoms with Gasteiger partial charge in [0.2, 0.25) is 5.91 Å². The smallest absolute Gasteiger partial charge is 0.321 e. The molecule has 1 atom stereocenters. The molecule has 19 heavy (non-hydrogen) atoms. The Hall–Kier alpha value is -1.18. The standard InChI is InChI=1S/C12H24N4O3/c1-13-7-10-3-5-16(8-10)9-11(17)15-12(18)14-4-6-19-2/h10,13H,3-9H2,1-2H3,(H2,14,15,17,18). The van der Waals surface area contributed by atoms with E-state index in [1.165, 1.54) is 0 Å². The number of rotatable bonds is 7. The third kappa shape index (κ3) is 6.51. The molecule has 1 aliphatic rings. The second-order valence-electron chi connectivity index (χ2n) is 4.74. The number of urea groups is 1. The number of nitrogens with zero attached hydrogens (tertiary/aromatic N) is 1. The Morgan fingerprint density at radius 2 is 2.21 bits per heavy atom. The second kappa shape index (κ2) is 8.84. The summed E-state index contributed by atoms with van der Waals surface area (Å²) in [5.41, 5.74) is 0. The van der Waals surface area contributed by atoms with Gasteiger partial charge >= 0.3 is 6.03 Å². The molecule has 0 bridgehead atoms. The van der Waals surface area contributed by atoms with Crippen LogP contribution >= 0.6 is 0 Å². The average molecular weight is 272 g/mol. The summed E-state index contributed by atoms with van der Waals surface area (Å²) < 4.78 is 4.80. The van der Waals surface area contributed by atoms with E-state index in [0.717, 1.165) is 26.1 Å². The summed E-state index contributed by atoms with van der Waals surface area (Å²) in [5, 5.41) is 8.00. The number of carbonyl (C=O) groups is 2. The number of carbonyl (C=O) groups excluding carboxylic acids is 2. The zero-order valence-corrected chi connectivity index (χ0v) is 11.7. The molecule has 0 saturated carbocycles. The van der Waals surface area contributed by atoms with E-state index >= 15 is 0 Å². The van der Waals surface area contributed by atoms with Gasteiger partial charge in [0.25, 0.3) is 0 Å². The third-order valence-corrected chi connectivity index (χ3v) is 3.07. The van der Waals surface area contributed by atoms with Gasteiger partial charge in [0.15, 0.2) is 0 Å². The number of nitrogens with one attached hydrogen (secondary N) is 3. The van der Waals surface area contributed by atoms with E-state index in [1.807, 2.05) is 7.05 Å². The van der Waals surface area contributed by atoms with E-state index in [1.54, 1.807) is 7.11 Å². The molecule has 110 valence electrons.